The number of nitrogens with one attached hydrogen (secondary N) is 1. The average Bonchev–Trinajstić information content (AvgIpc) is 2.74. The summed E-state index contributed by atoms with van der Waals surface area (Å²) in [5.41, 5.74) is 3.18. The first-order valence-electron chi connectivity index (χ1n) is 6.55. The van der Waals surface area contributed by atoms with Crippen molar-refractivity contribution in [2.24, 2.45) is 0 Å². The first-order valence-corrected chi connectivity index (χ1v) is 7.43. The fourth-order valence-electron chi connectivity index (χ4n) is 1.77. The van der Waals surface area contributed by atoms with Crippen LogP contribution in [0.15, 0.2) is 11.4 Å². The largest absolute Gasteiger partial charge is 0.354 e. The van der Waals surface area contributed by atoms with Crippen LogP contribution < -0.4 is 5.32 Å². The maximum Gasteiger partial charge on any atom is 0.223 e. The van der Waals surface area contributed by atoms with Crippen molar-refractivity contribution in [3.63, 3.8) is 0 Å². The first kappa shape index (κ1) is 13.9. The zero-order valence-corrected chi connectivity index (χ0v) is 12.7. The van der Waals surface area contributed by atoms with Crippen LogP contribution in [-0.4, -0.2) is 21.5 Å². The number of hydrogen-bond acceptors (Lipinski definition) is 5. The second-order valence-corrected chi connectivity index (χ2v) is 5.91. The number of anilines is 1. The highest BCUT2D eigenvalue weighted by atomic mass is 32.1. The molecule has 5 heteroatoms. The summed E-state index contributed by atoms with van der Waals surface area (Å²) in [7, 11) is 0. The van der Waals surface area contributed by atoms with Crippen LogP contribution in [0, 0.1) is 13.8 Å². The Bertz CT molecular complexity index is 548. The monoisotopic (exact) mass is 276 g/mol. The predicted octanol–water partition coefficient (Wildman–Crippen LogP) is 3.33. The van der Waals surface area contributed by atoms with Crippen molar-refractivity contribution >= 4 is 17.3 Å². The third-order valence-corrected chi connectivity index (χ3v) is 3.78. The van der Waals surface area contributed by atoms with Crippen molar-refractivity contribution < 1.29 is 0 Å². The zero-order valence-electron chi connectivity index (χ0n) is 11.9. The molecule has 0 unspecified atom stereocenters. The molecule has 0 saturated heterocycles. The van der Waals surface area contributed by atoms with Crippen molar-refractivity contribution in [1.82, 2.24) is 15.0 Å². The second kappa shape index (κ2) is 6.10. The van der Waals surface area contributed by atoms with Gasteiger partial charge in [-0.2, -0.15) is 0 Å². The number of aryl methyl sites for hydroxylation is 2. The van der Waals surface area contributed by atoms with Crippen LogP contribution in [0.25, 0.3) is 0 Å². The molecule has 2 heterocycles. The standard InChI is InChI=1S/C14H20N4S/c1-9(2)12-7-10(3)17-14(18-12)15-6-5-13-16-11(4)8-19-13/h7-9H,5-6H2,1-4H3,(H,15,17,18). The Morgan fingerprint density at radius 2 is 1.95 bits per heavy atom. The van der Waals surface area contributed by atoms with E-state index in [4.69, 9.17) is 0 Å². The molecule has 19 heavy (non-hydrogen) atoms. The Balaban J connectivity index is 1.95. The summed E-state index contributed by atoms with van der Waals surface area (Å²) in [5, 5.41) is 6.52. The number of rotatable bonds is 5. The van der Waals surface area contributed by atoms with Crippen molar-refractivity contribution in [2.45, 2.75) is 40.0 Å². The van der Waals surface area contributed by atoms with Gasteiger partial charge in [-0.05, 0) is 25.8 Å². The van der Waals surface area contributed by atoms with Gasteiger partial charge < -0.3 is 5.32 Å². The molecule has 0 aromatic carbocycles. The fraction of sp³-hybridized carbons (Fsp3) is 0.500. The highest BCUT2D eigenvalue weighted by Crippen LogP contribution is 2.14. The van der Waals surface area contributed by atoms with Gasteiger partial charge >= 0.3 is 0 Å². The van der Waals surface area contributed by atoms with E-state index >= 15 is 0 Å². The molecule has 0 saturated carbocycles. The molecule has 0 amide bonds. The molecule has 0 bridgehead atoms. The molecule has 0 radical (unpaired) electrons. The minimum Gasteiger partial charge on any atom is -0.354 e. The maximum atomic E-state index is 4.53. The normalized spacial score (nSPS) is 11.0. The lowest BCUT2D eigenvalue weighted by Gasteiger charge is -2.09. The van der Waals surface area contributed by atoms with Crippen molar-refractivity contribution in [1.29, 1.82) is 0 Å². The quantitative estimate of drug-likeness (QED) is 0.910. The Labute approximate surface area is 118 Å². The van der Waals surface area contributed by atoms with Crippen LogP contribution >= 0.6 is 11.3 Å². The van der Waals surface area contributed by atoms with Crippen molar-refractivity contribution in [3.05, 3.63) is 33.5 Å². The predicted molar refractivity (Wildman–Crippen MR) is 79.9 cm³/mol. The van der Waals surface area contributed by atoms with Crippen LogP contribution in [0.3, 0.4) is 0 Å². The zero-order chi connectivity index (χ0) is 13.8. The van der Waals surface area contributed by atoms with E-state index in [1.165, 1.54) is 0 Å². The molecule has 1 N–H and O–H groups in total. The van der Waals surface area contributed by atoms with Gasteiger partial charge in [0.25, 0.3) is 0 Å². The molecular formula is C14H20N4S. The third-order valence-electron chi connectivity index (χ3n) is 2.75. The minimum absolute atomic E-state index is 0.420. The summed E-state index contributed by atoms with van der Waals surface area (Å²) in [6, 6.07) is 2.04. The van der Waals surface area contributed by atoms with E-state index < -0.39 is 0 Å². The number of hydrogen-bond donors (Lipinski definition) is 1. The second-order valence-electron chi connectivity index (χ2n) is 4.97. The van der Waals surface area contributed by atoms with Gasteiger partial charge in [0.05, 0.1) is 5.01 Å². The summed E-state index contributed by atoms with van der Waals surface area (Å²) in [4.78, 5) is 13.4. The van der Waals surface area contributed by atoms with Crippen molar-refractivity contribution in [3.8, 4) is 0 Å². The average molecular weight is 276 g/mol. The maximum absolute atomic E-state index is 4.53. The molecule has 0 atom stereocenters. The van der Waals surface area contributed by atoms with Gasteiger partial charge in [-0.25, -0.2) is 15.0 Å². The van der Waals surface area contributed by atoms with Crippen LogP contribution in [0.2, 0.25) is 0 Å². The van der Waals surface area contributed by atoms with Gasteiger partial charge in [0.1, 0.15) is 0 Å². The number of aromatic nitrogens is 3. The summed E-state index contributed by atoms with van der Waals surface area (Å²) in [6.45, 7) is 9.12. The molecular weight excluding hydrogens is 256 g/mol. The van der Waals surface area contributed by atoms with Gasteiger partial charge in [0.2, 0.25) is 5.95 Å². The Kier molecular flexibility index (Phi) is 4.47. The third kappa shape index (κ3) is 3.99. The molecule has 0 aliphatic heterocycles. The van der Waals surface area contributed by atoms with Crippen molar-refractivity contribution in [2.75, 3.05) is 11.9 Å². The van der Waals surface area contributed by atoms with E-state index in [2.05, 4.69) is 39.5 Å². The van der Waals surface area contributed by atoms with Crippen LogP contribution in [0.1, 0.15) is 41.9 Å². The summed E-state index contributed by atoms with van der Waals surface area (Å²) < 4.78 is 0. The molecule has 0 fully saturated rings. The molecule has 0 aliphatic carbocycles. The van der Waals surface area contributed by atoms with E-state index in [-0.39, 0.29) is 0 Å². The van der Waals surface area contributed by atoms with E-state index in [0.29, 0.717) is 5.92 Å². The van der Waals surface area contributed by atoms with E-state index in [1.807, 2.05) is 19.9 Å². The Morgan fingerprint density at radius 1 is 1.16 bits per heavy atom. The summed E-state index contributed by atoms with van der Waals surface area (Å²) in [6.07, 6.45) is 0.910. The van der Waals surface area contributed by atoms with Gasteiger partial charge in [0.15, 0.2) is 0 Å². The topological polar surface area (TPSA) is 50.7 Å². The van der Waals surface area contributed by atoms with Crippen LogP contribution in [0.5, 0.6) is 0 Å². The number of nitrogens with zero attached hydrogens (tertiary/aromatic N) is 3. The molecule has 102 valence electrons. The Hall–Kier alpha value is -1.49. The van der Waals surface area contributed by atoms with Gasteiger partial charge in [-0.15, -0.1) is 11.3 Å². The molecule has 2 rings (SSSR count). The molecule has 0 spiro atoms. The highest BCUT2D eigenvalue weighted by Gasteiger charge is 2.06. The fourth-order valence-corrected chi connectivity index (χ4v) is 2.54. The lowest BCUT2D eigenvalue weighted by Crippen LogP contribution is -2.10. The molecule has 2 aromatic heterocycles. The smallest absolute Gasteiger partial charge is 0.223 e. The number of thiazole rings is 1. The molecule has 2 aromatic rings. The van der Waals surface area contributed by atoms with Gasteiger partial charge in [0, 0.05) is 35.4 Å². The Morgan fingerprint density at radius 3 is 2.58 bits per heavy atom. The van der Waals surface area contributed by atoms with Crippen LogP contribution in [-0.2, 0) is 6.42 Å². The lowest BCUT2D eigenvalue weighted by atomic mass is 10.1. The van der Waals surface area contributed by atoms with E-state index in [0.717, 1.165) is 41.0 Å². The molecule has 0 aliphatic rings. The van der Waals surface area contributed by atoms with E-state index in [1.54, 1.807) is 11.3 Å². The van der Waals surface area contributed by atoms with Gasteiger partial charge in [-0.1, -0.05) is 13.8 Å². The summed E-state index contributed by atoms with van der Waals surface area (Å²) >= 11 is 1.70. The summed E-state index contributed by atoms with van der Waals surface area (Å²) in [5.74, 6) is 1.14. The lowest BCUT2D eigenvalue weighted by molar-refractivity contribution is 0.807. The van der Waals surface area contributed by atoms with Crippen LogP contribution in [0.4, 0.5) is 5.95 Å². The SMILES string of the molecule is Cc1cc(C(C)C)nc(NCCc2nc(C)cs2)n1. The van der Waals surface area contributed by atoms with Gasteiger partial charge in [-0.3, -0.25) is 0 Å². The van der Waals surface area contributed by atoms with E-state index in [9.17, 15) is 0 Å². The first-order chi connectivity index (χ1) is 9.04. The highest BCUT2D eigenvalue weighted by molar-refractivity contribution is 7.09. The minimum atomic E-state index is 0.420. The molecule has 4 nitrogen and oxygen atoms in total.